The molecule has 3 N–H and O–H groups in total. The van der Waals surface area contributed by atoms with Gasteiger partial charge in [-0.25, -0.2) is 12.1 Å². The summed E-state index contributed by atoms with van der Waals surface area (Å²) in [5.74, 6) is 0. The molecule has 0 unspecified atom stereocenters. The third kappa shape index (κ3) is 42.7. The maximum atomic E-state index is 13.1. The first-order valence-electron chi connectivity index (χ1n) is 7.26. The number of hydrogen-bond acceptors (Lipinski definition) is 3. The van der Waals surface area contributed by atoms with E-state index < -0.39 is 8.41 Å². The Hall–Kier alpha value is 0.260. The summed E-state index contributed by atoms with van der Waals surface area (Å²) >= 11 is 0. The fourth-order valence-corrected chi connectivity index (χ4v) is 1.76. The van der Waals surface area contributed by atoms with E-state index in [1.165, 1.54) is 0 Å². The normalized spacial score (nSPS) is 9.77. The molecule has 0 radical (unpaired) electrons. The first-order chi connectivity index (χ1) is 9.30. The van der Waals surface area contributed by atoms with E-state index >= 15 is 0 Å². The fourth-order valence-electron chi connectivity index (χ4n) is 0.770. The zero-order chi connectivity index (χ0) is 17.6. The monoisotopic (exact) mass is 411 g/mol. The van der Waals surface area contributed by atoms with Crippen LogP contribution in [0, 0.1) is 0 Å². The second-order valence-electron chi connectivity index (χ2n) is 5.93. The average molecular weight is 413 g/mol. The molecule has 0 spiro atoms. The Kier molecular flexibility index (Phi) is 24.2. The van der Waals surface area contributed by atoms with Crippen molar-refractivity contribution >= 4 is 13.6 Å². The second-order valence-corrected chi connectivity index (χ2v) is 9.45. The number of rotatable bonds is 1. The van der Waals surface area contributed by atoms with Crippen molar-refractivity contribution in [3.63, 3.8) is 0 Å². The minimum Gasteiger partial charge on any atom is -0.394 e. The van der Waals surface area contributed by atoms with Gasteiger partial charge in [0.25, 0.3) is 0 Å². The molecule has 132 valence electrons. The van der Waals surface area contributed by atoms with Gasteiger partial charge in [-0.2, -0.15) is 12.1 Å². The van der Waals surface area contributed by atoms with Crippen molar-refractivity contribution < 1.29 is 45.6 Å². The van der Waals surface area contributed by atoms with Gasteiger partial charge in [0.1, 0.15) is 0 Å². The van der Waals surface area contributed by atoms with Gasteiger partial charge in [0.05, 0.1) is 0 Å². The third-order valence-corrected chi connectivity index (χ3v) is 3.06. The Morgan fingerprint density at radius 1 is 0.773 bits per heavy atom. The molecular weight excluding hydrogens is 378 g/mol. The Morgan fingerprint density at radius 3 is 1.05 bits per heavy atom. The van der Waals surface area contributed by atoms with Crippen LogP contribution in [0.25, 0.3) is 0 Å². The molecule has 0 atom stereocenters. The van der Waals surface area contributed by atoms with E-state index in [4.69, 9.17) is 15.3 Å². The Balaban J connectivity index is -0.000000107. The standard InChI is InChI=1S/C7H10FSi.3C3H8O.Zr/c1-9(2,8)7-5-3-4-6-7;3*1-3(2)4;/h3-6H,1-2H3;3*3-4H,1-2H3;/q-1;;;;. The van der Waals surface area contributed by atoms with Gasteiger partial charge in [-0.3, -0.25) is 0 Å². The van der Waals surface area contributed by atoms with Crippen LogP contribution < -0.4 is 5.19 Å². The zero-order valence-corrected chi connectivity index (χ0v) is 18.7. The number of hydrogen-bond donors (Lipinski definition) is 3. The molecule has 0 aromatic heterocycles. The molecule has 0 amide bonds. The minimum atomic E-state index is -2.48. The van der Waals surface area contributed by atoms with Crippen LogP contribution in [-0.4, -0.2) is 42.0 Å². The Labute approximate surface area is 156 Å². The van der Waals surface area contributed by atoms with Crippen LogP contribution in [0.4, 0.5) is 4.11 Å². The Morgan fingerprint density at radius 2 is 0.955 bits per heavy atom. The van der Waals surface area contributed by atoms with Gasteiger partial charge in [-0.1, -0.05) is 0 Å². The van der Waals surface area contributed by atoms with Crippen LogP contribution in [0.5, 0.6) is 0 Å². The summed E-state index contributed by atoms with van der Waals surface area (Å²) in [5.41, 5.74) is 0. The van der Waals surface area contributed by atoms with Crippen molar-refractivity contribution in [3.8, 4) is 0 Å². The topological polar surface area (TPSA) is 60.7 Å². The van der Waals surface area contributed by atoms with E-state index in [9.17, 15) is 4.11 Å². The number of aliphatic hydroxyl groups excluding tert-OH is 3. The van der Waals surface area contributed by atoms with Crippen molar-refractivity contribution in [3.05, 3.63) is 24.3 Å². The van der Waals surface area contributed by atoms with Crippen LogP contribution in [0.15, 0.2) is 24.3 Å². The van der Waals surface area contributed by atoms with Gasteiger partial charge in [-0.15, -0.1) is 5.19 Å². The van der Waals surface area contributed by atoms with E-state index in [2.05, 4.69) is 0 Å². The molecule has 1 aromatic rings. The fraction of sp³-hybridized carbons (Fsp3) is 0.688. The van der Waals surface area contributed by atoms with Crippen LogP contribution in [-0.2, 0) is 26.2 Å². The Bertz CT molecular complexity index is 274. The molecule has 22 heavy (non-hydrogen) atoms. The molecule has 0 fully saturated rings. The molecular formula is C16H34FO3SiZr-. The summed E-state index contributed by atoms with van der Waals surface area (Å²) in [6.07, 6.45) is -0.500. The van der Waals surface area contributed by atoms with Crippen molar-refractivity contribution in [1.82, 2.24) is 0 Å². The van der Waals surface area contributed by atoms with Gasteiger partial charge < -0.3 is 19.4 Å². The van der Waals surface area contributed by atoms with Gasteiger partial charge in [-0.05, 0) is 54.6 Å². The number of aliphatic hydroxyl groups is 3. The SMILES string of the molecule is CC(C)O.CC(C)O.CC(C)O.C[Si](C)(F)[c-]1cccc1.[Zr]. The summed E-state index contributed by atoms with van der Waals surface area (Å²) in [5, 5.41) is 25.1. The minimum absolute atomic E-state index is 0. The van der Waals surface area contributed by atoms with Gasteiger partial charge >= 0.3 is 0 Å². The largest absolute Gasteiger partial charge is 0.394 e. The quantitative estimate of drug-likeness (QED) is 0.377. The maximum Gasteiger partial charge on any atom is 0.214 e. The molecule has 0 saturated carbocycles. The molecule has 1 aromatic carbocycles. The molecule has 0 aliphatic rings. The molecule has 0 heterocycles. The van der Waals surface area contributed by atoms with Crippen LogP contribution >= 0.6 is 0 Å². The third-order valence-electron chi connectivity index (χ3n) is 1.35. The van der Waals surface area contributed by atoms with E-state index in [1.807, 2.05) is 24.3 Å². The number of halogens is 1. The van der Waals surface area contributed by atoms with Crippen molar-refractivity contribution in [1.29, 1.82) is 0 Å². The van der Waals surface area contributed by atoms with Crippen molar-refractivity contribution in [2.75, 3.05) is 0 Å². The van der Waals surface area contributed by atoms with Crippen molar-refractivity contribution in [2.24, 2.45) is 0 Å². The van der Waals surface area contributed by atoms with Crippen LogP contribution in [0.1, 0.15) is 41.5 Å². The maximum absolute atomic E-state index is 13.1. The molecule has 6 heteroatoms. The summed E-state index contributed by atoms with van der Waals surface area (Å²) in [6.45, 7) is 13.7. The molecule has 0 aliphatic heterocycles. The summed E-state index contributed by atoms with van der Waals surface area (Å²) < 4.78 is 13.1. The molecule has 0 aliphatic carbocycles. The summed E-state index contributed by atoms with van der Waals surface area (Å²) in [7, 11) is -2.48. The van der Waals surface area contributed by atoms with Crippen molar-refractivity contribution in [2.45, 2.75) is 72.9 Å². The van der Waals surface area contributed by atoms with Crippen LogP contribution in [0.2, 0.25) is 13.1 Å². The van der Waals surface area contributed by atoms with Gasteiger partial charge in [0.2, 0.25) is 8.41 Å². The van der Waals surface area contributed by atoms with Gasteiger partial charge in [0.15, 0.2) is 0 Å². The molecule has 1 rings (SSSR count). The van der Waals surface area contributed by atoms with Crippen LogP contribution in [0.3, 0.4) is 0 Å². The van der Waals surface area contributed by atoms with E-state index in [0.29, 0.717) is 0 Å². The predicted molar refractivity (Wildman–Crippen MR) is 92.3 cm³/mol. The second kappa shape index (κ2) is 17.6. The molecule has 0 saturated heterocycles. The average Bonchev–Trinajstić information content (AvgIpc) is 2.64. The first-order valence-corrected chi connectivity index (χ1v) is 10.1. The van der Waals surface area contributed by atoms with E-state index in [-0.39, 0.29) is 44.5 Å². The van der Waals surface area contributed by atoms with Gasteiger partial charge in [0, 0.05) is 44.5 Å². The summed E-state index contributed by atoms with van der Waals surface area (Å²) in [4.78, 5) is 0. The molecule has 0 bridgehead atoms. The smallest absolute Gasteiger partial charge is 0.214 e. The zero-order valence-electron chi connectivity index (χ0n) is 15.3. The molecule has 3 nitrogen and oxygen atoms in total. The first kappa shape index (κ1) is 30.2. The van der Waals surface area contributed by atoms with E-state index in [0.717, 1.165) is 5.19 Å². The predicted octanol–water partition coefficient (Wildman–Crippen LogP) is 2.95. The van der Waals surface area contributed by atoms with E-state index in [1.54, 1.807) is 54.6 Å². The summed E-state index contributed by atoms with van der Waals surface area (Å²) in [6, 6.07) is 7.46.